The highest BCUT2D eigenvalue weighted by Gasteiger charge is 2.19. The van der Waals surface area contributed by atoms with Gasteiger partial charge in [0.05, 0.1) is 23.2 Å². The van der Waals surface area contributed by atoms with E-state index >= 15 is 0 Å². The number of carbonyl (C=O) groups is 1. The van der Waals surface area contributed by atoms with Crippen molar-refractivity contribution in [3.63, 3.8) is 0 Å². The summed E-state index contributed by atoms with van der Waals surface area (Å²) in [5.74, 6) is 0.306. The minimum absolute atomic E-state index is 0.148. The predicted molar refractivity (Wildman–Crippen MR) is 121 cm³/mol. The number of rotatable bonds is 5. The molecule has 5 nitrogen and oxygen atoms in total. The summed E-state index contributed by atoms with van der Waals surface area (Å²) in [6, 6.07) is 20.0. The first kappa shape index (κ1) is 19.8. The summed E-state index contributed by atoms with van der Waals surface area (Å²) in [5, 5.41) is 8.51. The molecule has 152 valence electrons. The van der Waals surface area contributed by atoms with Crippen LogP contribution in [0, 0.1) is 13.8 Å². The van der Waals surface area contributed by atoms with Gasteiger partial charge in [-0.2, -0.15) is 5.10 Å². The molecule has 1 N–H and O–H groups in total. The molecule has 2 aromatic carbocycles. The molecule has 0 unspecified atom stereocenters. The monoisotopic (exact) mass is 398 g/mol. The average molecular weight is 399 g/mol. The van der Waals surface area contributed by atoms with Gasteiger partial charge in [0.15, 0.2) is 5.65 Å². The van der Waals surface area contributed by atoms with Crippen LogP contribution in [0.1, 0.15) is 52.6 Å². The van der Waals surface area contributed by atoms with Gasteiger partial charge in [0, 0.05) is 11.4 Å². The SMILES string of the molecule is Cc1cc(C(=O)Nc2ccc(C(C)C)cc2)c2c(C)nn(Cc3ccccc3)c2n1. The topological polar surface area (TPSA) is 59.8 Å². The number of carbonyl (C=O) groups excluding carboxylic acids is 1. The largest absolute Gasteiger partial charge is 0.322 e. The van der Waals surface area contributed by atoms with Gasteiger partial charge in [0.1, 0.15) is 0 Å². The lowest BCUT2D eigenvalue weighted by Gasteiger charge is -2.10. The number of fused-ring (bicyclic) bond motifs is 1. The number of hydrogen-bond donors (Lipinski definition) is 1. The molecule has 4 aromatic rings. The lowest BCUT2D eigenvalue weighted by molar-refractivity contribution is 0.102. The summed E-state index contributed by atoms with van der Waals surface area (Å²) in [6.45, 7) is 8.75. The highest BCUT2D eigenvalue weighted by Crippen LogP contribution is 2.25. The van der Waals surface area contributed by atoms with Crippen LogP contribution in [-0.4, -0.2) is 20.7 Å². The van der Waals surface area contributed by atoms with Crippen molar-refractivity contribution >= 4 is 22.6 Å². The second-order valence-corrected chi connectivity index (χ2v) is 7.97. The smallest absolute Gasteiger partial charge is 0.256 e. The third-order valence-electron chi connectivity index (χ3n) is 5.26. The molecule has 5 heteroatoms. The molecule has 30 heavy (non-hydrogen) atoms. The van der Waals surface area contributed by atoms with Crippen LogP contribution in [0.5, 0.6) is 0 Å². The van der Waals surface area contributed by atoms with Gasteiger partial charge >= 0.3 is 0 Å². The average Bonchev–Trinajstić information content (AvgIpc) is 3.03. The van der Waals surface area contributed by atoms with Crippen LogP contribution in [0.15, 0.2) is 60.7 Å². The molecular formula is C25H26N4O. The maximum absolute atomic E-state index is 13.1. The van der Waals surface area contributed by atoms with E-state index in [1.165, 1.54) is 5.56 Å². The molecule has 4 rings (SSSR count). The second kappa shape index (κ2) is 8.11. The van der Waals surface area contributed by atoms with Gasteiger partial charge in [-0.1, -0.05) is 56.3 Å². The molecule has 0 fully saturated rings. The highest BCUT2D eigenvalue weighted by molar-refractivity contribution is 6.12. The lowest BCUT2D eigenvalue weighted by atomic mass is 10.0. The zero-order chi connectivity index (χ0) is 21.3. The number of aryl methyl sites for hydroxylation is 2. The molecule has 0 aliphatic rings. The Morgan fingerprint density at radius 2 is 1.73 bits per heavy atom. The van der Waals surface area contributed by atoms with Gasteiger partial charge in [-0.05, 0) is 49.1 Å². The molecule has 0 aliphatic carbocycles. The Balaban J connectivity index is 1.69. The number of nitrogens with zero attached hydrogens (tertiary/aromatic N) is 3. The van der Waals surface area contributed by atoms with Crippen molar-refractivity contribution in [2.75, 3.05) is 5.32 Å². The van der Waals surface area contributed by atoms with Gasteiger partial charge in [-0.15, -0.1) is 0 Å². The number of hydrogen-bond acceptors (Lipinski definition) is 3. The summed E-state index contributed by atoms with van der Waals surface area (Å²) in [5.41, 5.74) is 6.08. The number of pyridine rings is 1. The van der Waals surface area contributed by atoms with Crippen LogP contribution < -0.4 is 5.32 Å². The fourth-order valence-corrected chi connectivity index (χ4v) is 3.67. The quantitative estimate of drug-likeness (QED) is 0.485. The maximum atomic E-state index is 13.1. The standard InChI is InChI=1S/C25H26N4O/c1-16(2)20-10-12-21(13-11-20)27-25(30)22-14-17(3)26-24-23(22)18(4)28-29(24)15-19-8-6-5-7-9-19/h5-14,16H,15H2,1-4H3,(H,27,30). The van der Waals surface area contributed by atoms with Crippen molar-refractivity contribution in [3.8, 4) is 0 Å². The summed E-state index contributed by atoms with van der Waals surface area (Å²) in [4.78, 5) is 17.8. The molecule has 0 saturated carbocycles. The van der Waals surface area contributed by atoms with Crippen LogP contribution >= 0.6 is 0 Å². The van der Waals surface area contributed by atoms with Crippen LogP contribution in [0.25, 0.3) is 11.0 Å². The number of benzene rings is 2. The molecule has 2 aromatic heterocycles. The summed E-state index contributed by atoms with van der Waals surface area (Å²) in [7, 11) is 0. The van der Waals surface area contributed by atoms with Crippen molar-refractivity contribution in [1.29, 1.82) is 0 Å². The van der Waals surface area contributed by atoms with E-state index in [-0.39, 0.29) is 5.91 Å². The molecule has 1 amide bonds. The van der Waals surface area contributed by atoms with E-state index in [1.54, 1.807) is 0 Å². The summed E-state index contributed by atoms with van der Waals surface area (Å²) in [6.07, 6.45) is 0. The lowest BCUT2D eigenvalue weighted by Crippen LogP contribution is -2.13. The Morgan fingerprint density at radius 3 is 2.40 bits per heavy atom. The normalized spacial score (nSPS) is 11.2. The number of anilines is 1. The molecule has 0 spiro atoms. The highest BCUT2D eigenvalue weighted by atomic mass is 16.1. The third kappa shape index (κ3) is 3.96. The number of amides is 1. The minimum Gasteiger partial charge on any atom is -0.322 e. The Kier molecular flexibility index (Phi) is 5.36. The van der Waals surface area contributed by atoms with E-state index in [9.17, 15) is 4.79 Å². The van der Waals surface area contributed by atoms with E-state index in [0.717, 1.165) is 33.7 Å². The second-order valence-electron chi connectivity index (χ2n) is 7.97. The van der Waals surface area contributed by atoms with Crippen LogP contribution in [0.3, 0.4) is 0 Å². The van der Waals surface area contributed by atoms with Crippen LogP contribution in [-0.2, 0) is 6.54 Å². The molecule has 0 radical (unpaired) electrons. The Labute approximate surface area is 176 Å². The molecule has 0 atom stereocenters. The van der Waals surface area contributed by atoms with E-state index in [2.05, 4.69) is 48.5 Å². The summed E-state index contributed by atoms with van der Waals surface area (Å²) < 4.78 is 1.88. The zero-order valence-electron chi connectivity index (χ0n) is 17.8. The minimum atomic E-state index is -0.148. The van der Waals surface area contributed by atoms with Crippen LogP contribution in [0.2, 0.25) is 0 Å². The predicted octanol–water partition coefficient (Wildman–Crippen LogP) is 5.47. The fourth-order valence-electron chi connectivity index (χ4n) is 3.67. The van der Waals surface area contributed by atoms with E-state index in [0.29, 0.717) is 18.0 Å². The van der Waals surface area contributed by atoms with Gasteiger partial charge in [0.25, 0.3) is 5.91 Å². The fraction of sp³-hybridized carbons (Fsp3) is 0.240. The van der Waals surface area contributed by atoms with Crippen LogP contribution in [0.4, 0.5) is 5.69 Å². The first-order chi connectivity index (χ1) is 14.4. The van der Waals surface area contributed by atoms with Gasteiger partial charge in [-0.3, -0.25) is 4.79 Å². The first-order valence-corrected chi connectivity index (χ1v) is 10.2. The van der Waals surface area contributed by atoms with Gasteiger partial charge in [-0.25, -0.2) is 9.67 Å². The van der Waals surface area contributed by atoms with Gasteiger partial charge < -0.3 is 5.32 Å². The number of aromatic nitrogens is 3. The van der Waals surface area contributed by atoms with E-state index in [1.807, 2.05) is 54.9 Å². The van der Waals surface area contributed by atoms with Crippen molar-refractivity contribution < 1.29 is 4.79 Å². The zero-order valence-corrected chi connectivity index (χ0v) is 17.8. The van der Waals surface area contributed by atoms with E-state index in [4.69, 9.17) is 4.98 Å². The van der Waals surface area contributed by atoms with Crippen molar-refractivity contribution in [1.82, 2.24) is 14.8 Å². The molecule has 0 aliphatic heterocycles. The maximum Gasteiger partial charge on any atom is 0.256 e. The Bertz CT molecular complexity index is 1190. The number of nitrogens with one attached hydrogen (secondary N) is 1. The molecule has 0 bridgehead atoms. The third-order valence-corrected chi connectivity index (χ3v) is 5.26. The Morgan fingerprint density at radius 1 is 1.03 bits per heavy atom. The molecule has 0 saturated heterocycles. The first-order valence-electron chi connectivity index (χ1n) is 10.2. The van der Waals surface area contributed by atoms with E-state index < -0.39 is 0 Å². The van der Waals surface area contributed by atoms with Gasteiger partial charge in [0.2, 0.25) is 0 Å². The molecule has 2 heterocycles. The Hall–Kier alpha value is -3.47. The molecular weight excluding hydrogens is 372 g/mol. The van der Waals surface area contributed by atoms with Crippen molar-refractivity contribution in [2.45, 2.75) is 40.2 Å². The van der Waals surface area contributed by atoms with Crippen molar-refractivity contribution in [3.05, 3.63) is 88.7 Å². The summed E-state index contributed by atoms with van der Waals surface area (Å²) >= 11 is 0. The van der Waals surface area contributed by atoms with Crippen molar-refractivity contribution in [2.24, 2.45) is 0 Å².